The van der Waals surface area contributed by atoms with Gasteiger partial charge in [-0.2, -0.15) is 0 Å². The molecule has 3 heteroatoms. The molecule has 1 nitrogen and oxygen atoms in total. The molecule has 0 fully saturated rings. The third kappa shape index (κ3) is 2.57. The second-order valence-corrected chi connectivity index (χ2v) is 3.83. The lowest BCUT2D eigenvalue weighted by atomic mass is 10.2. The van der Waals surface area contributed by atoms with Gasteiger partial charge in [-0.15, -0.1) is 0 Å². The van der Waals surface area contributed by atoms with Gasteiger partial charge in [-0.1, -0.05) is 15.9 Å². The zero-order valence-electron chi connectivity index (χ0n) is 7.14. The van der Waals surface area contributed by atoms with Crippen LogP contribution in [0.15, 0.2) is 22.7 Å². The summed E-state index contributed by atoms with van der Waals surface area (Å²) in [4.78, 5) is 2.00. The first-order valence-corrected chi connectivity index (χ1v) is 4.47. The lowest BCUT2D eigenvalue weighted by Gasteiger charge is -2.10. The summed E-state index contributed by atoms with van der Waals surface area (Å²) in [6.07, 6.45) is 0. The minimum absolute atomic E-state index is 0.185. The van der Waals surface area contributed by atoms with Crippen LogP contribution in [0.4, 0.5) is 4.39 Å². The van der Waals surface area contributed by atoms with Crippen molar-refractivity contribution in [3.8, 4) is 0 Å². The van der Waals surface area contributed by atoms with Gasteiger partial charge in [0.2, 0.25) is 0 Å². The van der Waals surface area contributed by atoms with Crippen molar-refractivity contribution >= 4 is 15.9 Å². The largest absolute Gasteiger partial charge is 0.305 e. The molecule has 0 amide bonds. The van der Waals surface area contributed by atoms with Crippen LogP contribution >= 0.6 is 15.9 Å². The molecule has 0 saturated carbocycles. The first kappa shape index (κ1) is 9.68. The van der Waals surface area contributed by atoms with Gasteiger partial charge in [-0.25, -0.2) is 4.39 Å². The van der Waals surface area contributed by atoms with Crippen LogP contribution in [0, 0.1) is 5.82 Å². The van der Waals surface area contributed by atoms with Gasteiger partial charge in [-0.05, 0) is 37.9 Å². The summed E-state index contributed by atoms with van der Waals surface area (Å²) in [7, 11) is 3.91. The molecule has 0 aliphatic rings. The SMILES string of the molecule is CN(C)Cc1cc(F)ccc1Br. The second kappa shape index (κ2) is 4.01. The third-order valence-electron chi connectivity index (χ3n) is 1.49. The Balaban J connectivity index is 2.90. The average molecular weight is 232 g/mol. The molecule has 1 aromatic carbocycles. The Bertz CT molecular complexity index is 273. The Morgan fingerprint density at radius 2 is 2.08 bits per heavy atom. The molecule has 0 spiro atoms. The quantitative estimate of drug-likeness (QED) is 0.757. The maximum atomic E-state index is 12.8. The van der Waals surface area contributed by atoms with Gasteiger partial charge >= 0.3 is 0 Å². The zero-order valence-corrected chi connectivity index (χ0v) is 8.73. The van der Waals surface area contributed by atoms with Gasteiger partial charge in [0.15, 0.2) is 0 Å². The van der Waals surface area contributed by atoms with Crippen LogP contribution in [0.25, 0.3) is 0 Å². The minimum atomic E-state index is -0.185. The number of halogens is 2. The van der Waals surface area contributed by atoms with Crippen molar-refractivity contribution in [2.24, 2.45) is 0 Å². The van der Waals surface area contributed by atoms with Gasteiger partial charge in [0.05, 0.1) is 0 Å². The summed E-state index contributed by atoms with van der Waals surface area (Å²) < 4.78 is 13.7. The van der Waals surface area contributed by atoms with E-state index >= 15 is 0 Å². The summed E-state index contributed by atoms with van der Waals surface area (Å²) in [5.41, 5.74) is 0.972. The van der Waals surface area contributed by atoms with Crippen molar-refractivity contribution in [2.75, 3.05) is 14.1 Å². The van der Waals surface area contributed by atoms with E-state index in [1.54, 1.807) is 12.1 Å². The van der Waals surface area contributed by atoms with E-state index in [0.717, 1.165) is 16.6 Å². The summed E-state index contributed by atoms with van der Waals surface area (Å²) in [5.74, 6) is -0.185. The van der Waals surface area contributed by atoms with Crippen molar-refractivity contribution < 1.29 is 4.39 Å². The molecular weight excluding hydrogens is 221 g/mol. The smallest absolute Gasteiger partial charge is 0.123 e. The molecule has 0 saturated heterocycles. The highest BCUT2D eigenvalue weighted by atomic mass is 79.9. The first-order valence-electron chi connectivity index (χ1n) is 3.68. The van der Waals surface area contributed by atoms with Crippen LogP contribution in [0.3, 0.4) is 0 Å². The monoisotopic (exact) mass is 231 g/mol. The standard InChI is InChI=1S/C9H11BrFN/c1-12(2)6-7-5-8(11)3-4-9(7)10/h3-5H,6H2,1-2H3. The van der Waals surface area contributed by atoms with E-state index in [4.69, 9.17) is 0 Å². The molecule has 66 valence electrons. The highest BCUT2D eigenvalue weighted by Crippen LogP contribution is 2.18. The highest BCUT2D eigenvalue weighted by molar-refractivity contribution is 9.10. The molecule has 0 aromatic heterocycles. The minimum Gasteiger partial charge on any atom is -0.305 e. The van der Waals surface area contributed by atoms with Crippen LogP contribution in [0.1, 0.15) is 5.56 Å². The van der Waals surface area contributed by atoms with Crippen molar-refractivity contribution in [3.63, 3.8) is 0 Å². The Hall–Kier alpha value is -0.410. The van der Waals surface area contributed by atoms with Crippen molar-refractivity contribution in [1.82, 2.24) is 4.90 Å². The van der Waals surface area contributed by atoms with Crippen LogP contribution < -0.4 is 0 Å². The molecule has 1 aromatic rings. The van der Waals surface area contributed by atoms with Crippen LogP contribution in [0.2, 0.25) is 0 Å². The van der Waals surface area contributed by atoms with Crippen LogP contribution in [-0.4, -0.2) is 19.0 Å². The molecular formula is C9H11BrFN. The lowest BCUT2D eigenvalue weighted by Crippen LogP contribution is -2.11. The fourth-order valence-electron chi connectivity index (χ4n) is 1.01. The average Bonchev–Trinajstić information content (AvgIpc) is 1.96. The molecule has 12 heavy (non-hydrogen) atoms. The normalized spacial score (nSPS) is 10.8. The molecule has 0 aliphatic carbocycles. The lowest BCUT2D eigenvalue weighted by molar-refractivity contribution is 0.400. The topological polar surface area (TPSA) is 3.24 Å². The summed E-state index contributed by atoms with van der Waals surface area (Å²) in [5, 5.41) is 0. The number of benzene rings is 1. The van der Waals surface area contributed by atoms with Gasteiger partial charge in [0.1, 0.15) is 5.82 Å². The molecule has 0 atom stereocenters. The van der Waals surface area contributed by atoms with E-state index in [0.29, 0.717) is 0 Å². The van der Waals surface area contributed by atoms with Gasteiger partial charge in [0, 0.05) is 11.0 Å². The van der Waals surface area contributed by atoms with E-state index in [-0.39, 0.29) is 5.82 Å². The Kier molecular flexibility index (Phi) is 3.23. The Morgan fingerprint density at radius 3 is 2.67 bits per heavy atom. The van der Waals surface area contributed by atoms with Gasteiger partial charge in [-0.3, -0.25) is 0 Å². The summed E-state index contributed by atoms with van der Waals surface area (Å²) in [6, 6.07) is 4.72. The first-order chi connectivity index (χ1) is 5.59. The number of nitrogens with zero attached hydrogens (tertiary/aromatic N) is 1. The van der Waals surface area contributed by atoms with Crippen LogP contribution in [-0.2, 0) is 6.54 Å². The Labute approximate surface area is 80.3 Å². The van der Waals surface area contributed by atoms with E-state index in [1.807, 2.05) is 19.0 Å². The zero-order chi connectivity index (χ0) is 9.14. The Morgan fingerprint density at radius 1 is 1.42 bits per heavy atom. The second-order valence-electron chi connectivity index (χ2n) is 2.97. The molecule has 0 bridgehead atoms. The number of rotatable bonds is 2. The van der Waals surface area contributed by atoms with E-state index in [2.05, 4.69) is 15.9 Å². The highest BCUT2D eigenvalue weighted by Gasteiger charge is 2.01. The molecule has 0 radical (unpaired) electrons. The fourth-order valence-corrected chi connectivity index (χ4v) is 1.38. The molecule has 0 aliphatic heterocycles. The van der Waals surface area contributed by atoms with Crippen molar-refractivity contribution in [1.29, 1.82) is 0 Å². The maximum Gasteiger partial charge on any atom is 0.123 e. The molecule has 0 N–H and O–H groups in total. The van der Waals surface area contributed by atoms with Crippen LogP contribution in [0.5, 0.6) is 0 Å². The predicted molar refractivity (Wildman–Crippen MR) is 51.5 cm³/mol. The van der Waals surface area contributed by atoms with E-state index in [1.165, 1.54) is 6.07 Å². The summed E-state index contributed by atoms with van der Waals surface area (Å²) >= 11 is 3.37. The fraction of sp³-hybridized carbons (Fsp3) is 0.333. The number of hydrogen-bond acceptors (Lipinski definition) is 1. The maximum absolute atomic E-state index is 12.8. The third-order valence-corrected chi connectivity index (χ3v) is 2.27. The van der Waals surface area contributed by atoms with Crippen molar-refractivity contribution in [3.05, 3.63) is 34.1 Å². The van der Waals surface area contributed by atoms with E-state index < -0.39 is 0 Å². The van der Waals surface area contributed by atoms with Crippen molar-refractivity contribution in [2.45, 2.75) is 6.54 Å². The number of hydrogen-bond donors (Lipinski definition) is 0. The predicted octanol–water partition coefficient (Wildman–Crippen LogP) is 2.65. The van der Waals surface area contributed by atoms with Gasteiger partial charge < -0.3 is 4.90 Å². The van der Waals surface area contributed by atoms with Gasteiger partial charge in [0.25, 0.3) is 0 Å². The molecule has 1 rings (SSSR count). The molecule has 0 unspecified atom stereocenters. The van der Waals surface area contributed by atoms with E-state index in [9.17, 15) is 4.39 Å². The summed E-state index contributed by atoms with van der Waals surface area (Å²) in [6.45, 7) is 0.748. The molecule has 0 heterocycles.